The third-order valence-electron chi connectivity index (χ3n) is 5.71. The van der Waals surface area contributed by atoms with E-state index < -0.39 is 0 Å². The zero-order valence-electron chi connectivity index (χ0n) is 20.7. The van der Waals surface area contributed by atoms with Gasteiger partial charge in [-0.25, -0.2) is 4.68 Å². The fraction of sp³-hybridized carbons (Fsp3) is 0.423. The van der Waals surface area contributed by atoms with E-state index in [1.807, 2.05) is 38.1 Å². The maximum absolute atomic E-state index is 13.5. The van der Waals surface area contributed by atoms with Crippen LogP contribution in [0.25, 0.3) is 5.69 Å². The fourth-order valence-corrected chi connectivity index (χ4v) is 6.21. The summed E-state index contributed by atoms with van der Waals surface area (Å²) in [5.74, 6) is 0.928. The molecule has 1 aliphatic rings. The van der Waals surface area contributed by atoms with Crippen LogP contribution in [0.1, 0.15) is 56.7 Å². The zero-order valence-corrected chi connectivity index (χ0v) is 23.1. The second-order valence-corrected chi connectivity index (χ2v) is 12.5. The highest BCUT2D eigenvalue weighted by Gasteiger charge is 2.40. The first kappa shape index (κ1) is 25.8. The summed E-state index contributed by atoms with van der Waals surface area (Å²) in [7, 11) is 0. The van der Waals surface area contributed by atoms with Crippen molar-refractivity contribution in [3.8, 4) is 5.69 Å². The lowest BCUT2D eigenvalue weighted by molar-refractivity contribution is -0.123. The number of hydrogen-bond acceptors (Lipinski definition) is 5. The first-order chi connectivity index (χ1) is 16.6. The number of amides is 2. The normalized spacial score (nSPS) is 16.4. The maximum Gasteiger partial charge on any atom is 0.240 e. The highest BCUT2D eigenvalue weighted by atomic mass is 35.5. The Balaban J connectivity index is 1.95. The van der Waals surface area contributed by atoms with E-state index in [1.54, 1.807) is 32.7 Å². The van der Waals surface area contributed by atoms with Gasteiger partial charge in [0.1, 0.15) is 12.4 Å². The van der Waals surface area contributed by atoms with Crippen molar-refractivity contribution >= 4 is 52.3 Å². The van der Waals surface area contributed by atoms with Gasteiger partial charge in [0.2, 0.25) is 11.8 Å². The molecule has 1 unspecified atom stereocenters. The minimum Gasteiger partial charge on any atom is -0.354 e. The number of thioether (sulfide) groups is 1. The highest BCUT2D eigenvalue weighted by molar-refractivity contribution is 8.00. The number of nitrogens with one attached hydrogen (secondary N) is 1. The number of rotatable bonds is 6. The molecule has 2 amide bonds. The average Bonchev–Trinajstić information content (AvgIpc) is 3.42. The number of carbonyl (C=O) groups is 2. The van der Waals surface area contributed by atoms with Crippen molar-refractivity contribution < 1.29 is 9.59 Å². The predicted molar refractivity (Wildman–Crippen MR) is 146 cm³/mol. The highest BCUT2D eigenvalue weighted by Crippen LogP contribution is 2.48. The molecule has 9 heteroatoms. The lowest BCUT2D eigenvalue weighted by Gasteiger charge is -2.24. The number of thiophene rings is 1. The first-order valence-corrected chi connectivity index (χ1v) is 14.0. The Hall–Kier alpha value is -2.29. The van der Waals surface area contributed by atoms with E-state index in [2.05, 4.69) is 42.9 Å². The number of aromatic nitrogens is 2. The SMILES string of the molecule is CC(C)CNC(=O)CN1C(=O)CSC(c2ccsc2)c2c(C(C)(C)C)nn(-c3cccc(Cl)c3)c21. The van der Waals surface area contributed by atoms with Crippen LogP contribution in [-0.4, -0.2) is 40.4 Å². The summed E-state index contributed by atoms with van der Waals surface area (Å²) in [6.45, 7) is 11.0. The van der Waals surface area contributed by atoms with Crippen LogP contribution < -0.4 is 10.2 Å². The van der Waals surface area contributed by atoms with Crippen LogP contribution in [0.4, 0.5) is 5.82 Å². The molecule has 0 saturated carbocycles. The van der Waals surface area contributed by atoms with Crippen molar-refractivity contribution in [1.29, 1.82) is 0 Å². The van der Waals surface area contributed by atoms with Gasteiger partial charge < -0.3 is 5.32 Å². The van der Waals surface area contributed by atoms with Crippen molar-refractivity contribution in [3.05, 3.63) is 62.9 Å². The molecule has 4 rings (SSSR count). The standard InChI is InChI=1S/C26H31ClN4O2S2/c1-16(2)12-28-20(32)13-30-21(33)15-35-23(17-9-10-34-14-17)22-24(26(3,4)5)29-31(25(22)30)19-8-6-7-18(27)11-19/h6-11,14,16,23H,12-13,15H2,1-5H3,(H,28,32). The van der Waals surface area contributed by atoms with E-state index in [-0.39, 0.29) is 34.8 Å². The molecule has 6 nitrogen and oxygen atoms in total. The molecular weight excluding hydrogens is 500 g/mol. The number of benzene rings is 1. The van der Waals surface area contributed by atoms with E-state index in [1.165, 1.54) is 0 Å². The van der Waals surface area contributed by atoms with Gasteiger partial charge in [0.15, 0.2) is 0 Å². The average molecular weight is 531 g/mol. The van der Waals surface area contributed by atoms with Gasteiger partial charge in [-0.15, -0.1) is 11.8 Å². The van der Waals surface area contributed by atoms with Crippen molar-refractivity contribution in [2.75, 3.05) is 23.7 Å². The van der Waals surface area contributed by atoms with Crippen LogP contribution in [0, 0.1) is 5.92 Å². The molecule has 35 heavy (non-hydrogen) atoms. The fourth-order valence-electron chi connectivity index (χ4n) is 4.07. The van der Waals surface area contributed by atoms with E-state index in [9.17, 15) is 9.59 Å². The molecule has 3 aromatic rings. The van der Waals surface area contributed by atoms with Crippen molar-refractivity contribution in [1.82, 2.24) is 15.1 Å². The second kappa shape index (κ2) is 10.4. The lowest BCUT2D eigenvalue weighted by Crippen LogP contribution is -2.43. The van der Waals surface area contributed by atoms with Gasteiger partial charge in [-0.2, -0.15) is 16.4 Å². The van der Waals surface area contributed by atoms with E-state index in [4.69, 9.17) is 16.7 Å². The molecule has 186 valence electrons. The minimum atomic E-state index is -0.290. The summed E-state index contributed by atoms with van der Waals surface area (Å²) in [4.78, 5) is 28.1. The Morgan fingerprint density at radius 3 is 2.69 bits per heavy atom. The molecular formula is C26H31ClN4O2S2. The smallest absolute Gasteiger partial charge is 0.240 e. The van der Waals surface area contributed by atoms with E-state index in [0.29, 0.717) is 23.3 Å². The third-order valence-corrected chi connectivity index (χ3v) is 7.90. The minimum absolute atomic E-state index is 0.0642. The monoisotopic (exact) mass is 530 g/mol. The topological polar surface area (TPSA) is 67.2 Å². The summed E-state index contributed by atoms with van der Waals surface area (Å²) in [5.41, 5.74) is 3.47. The lowest BCUT2D eigenvalue weighted by atomic mass is 9.87. The van der Waals surface area contributed by atoms with Crippen LogP contribution in [-0.2, 0) is 15.0 Å². The molecule has 0 bridgehead atoms. The second-order valence-electron chi connectivity index (χ2n) is 10.2. The molecule has 1 aromatic carbocycles. The maximum atomic E-state index is 13.5. The number of nitrogens with zero attached hydrogens (tertiary/aromatic N) is 3. The number of fused-ring (bicyclic) bond motifs is 1. The van der Waals surface area contributed by atoms with Gasteiger partial charge in [0.25, 0.3) is 0 Å². The predicted octanol–water partition coefficient (Wildman–Crippen LogP) is 5.83. The van der Waals surface area contributed by atoms with E-state index in [0.717, 1.165) is 22.5 Å². The number of anilines is 1. The Kier molecular flexibility index (Phi) is 7.64. The first-order valence-electron chi connectivity index (χ1n) is 11.7. The van der Waals surface area contributed by atoms with Crippen LogP contribution in [0.3, 0.4) is 0 Å². The molecule has 1 N–H and O–H groups in total. The number of hydrogen-bond donors (Lipinski definition) is 1. The van der Waals surface area contributed by atoms with Gasteiger partial charge >= 0.3 is 0 Å². The van der Waals surface area contributed by atoms with Gasteiger partial charge in [-0.1, -0.05) is 52.3 Å². The molecule has 3 heterocycles. The molecule has 1 atom stereocenters. The molecule has 2 aromatic heterocycles. The van der Waals surface area contributed by atoms with Crippen molar-refractivity contribution in [2.45, 2.75) is 45.3 Å². The van der Waals surface area contributed by atoms with Crippen LogP contribution in [0.15, 0.2) is 41.1 Å². The number of carbonyl (C=O) groups excluding carboxylic acids is 2. The van der Waals surface area contributed by atoms with Crippen LogP contribution >= 0.6 is 34.7 Å². The van der Waals surface area contributed by atoms with Gasteiger partial charge in [0, 0.05) is 22.5 Å². The van der Waals surface area contributed by atoms with Crippen molar-refractivity contribution in [3.63, 3.8) is 0 Å². The molecule has 0 radical (unpaired) electrons. The summed E-state index contributed by atoms with van der Waals surface area (Å²) in [5, 5.41) is 12.7. The summed E-state index contributed by atoms with van der Waals surface area (Å²) < 4.78 is 1.79. The summed E-state index contributed by atoms with van der Waals surface area (Å²) in [6, 6.07) is 9.53. The Labute approximate surface area is 220 Å². The quantitative estimate of drug-likeness (QED) is 0.435. The molecule has 0 saturated heterocycles. The largest absolute Gasteiger partial charge is 0.354 e. The van der Waals surface area contributed by atoms with Crippen LogP contribution in [0.2, 0.25) is 5.02 Å². The van der Waals surface area contributed by atoms with Crippen LogP contribution in [0.5, 0.6) is 0 Å². The zero-order chi connectivity index (χ0) is 25.3. The Bertz CT molecular complexity index is 1210. The third kappa shape index (κ3) is 5.60. The van der Waals surface area contributed by atoms with Gasteiger partial charge in [0.05, 0.1) is 22.4 Å². The van der Waals surface area contributed by atoms with E-state index >= 15 is 0 Å². The van der Waals surface area contributed by atoms with Crippen molar-refractivity contribution in [2.24, 2.45) is 5.92 Å². The summed E-state index contributed by atoms with van der Waals surface area (Å²) in [6.07, 6.45) is 0. The molecule has 0 aliphatic carbocycles. The Morgan fingerprint density at radius 1 is 1.29 bits per heavy atom. The molecule has 0 spiro atoms. The Morgan fingerprint density at radius 2 is 2.06 bits per heavy atom. The summed E-state index contributed by atoms with van der Waals surface area (Å²) >= 11 is 9.57. The number of halogens is 1. The molecule has 0 fully saturated rings. The molecule has 1 aliphatic heterocycles. The van der Waals surface area contributed by atoms with Gasteiger partial charge in [-0.3, -0.25) is 14.5 Å². The van der Waals surface area contributed by atoms with Gasteiger partial charge in [-0.05, 0) is 46.5 Å².